The van der Waals surface area contributed by atoms with Crippen LogP contribution in [0.2, 0.25) is 0 Å². The quantitative estimate of drug-likeness (QED) is 0.285. The molecule has 0 unspecified atom stereocenters. The molecular formula is C13H27IO3Sr. The van der Waals surface area contributed by atoms with Crippen LogP contribution in [0.1, 0.15) is 38.5 Å². The van der Waals surface area contributed by atoms with Gasteiger partial charge in [-0.2, -0.15) is 0 Å². The molecule has 3 nitrogen and oxygen atoms in total. The van der Waals surface area contributed by atoms with Gasteiger partial charge in [-0.05, 0) is 38.5 Å². The third-order valence-corrected chi connectivity index (χ3v) is 2.48. The van der Waals surface area contributed by atoms with Gasteiger partial charge in [-0.15, -0.1) is 0 Å². The predicted molar refractivity (Wildman–Crippen MR) is 72.3 cm³/mol. The number of rotatable bonds is 0. The molecule has 0 atom stereocenters. The molecule has 0 aromatic heterocycles. The van der Waals surface area contributed by atoms with Crippen LogP contribution in [0.4, 0.5) is 0 Å². The maximum Gasteiger partial charge on any atom is 2.00 e. The van der Waals surface area contributed by atoms with Crippen molar-refractivity contribution < 1.29 is 38.2 Å². The molecule has 0 saturated carbocycles. The molecule has 3 saturated heterocycles. The van der Waals surface area contributed by atoms with Crippen LogP contribution in [0.25, 0.3) is 0 Å². The van der Waals surface area contributed by atoms with Crippen molar-refractivity contribution >= 4 is 45.5 Å². The van der Waals surface area contributed by atoms with Gasteiger partial charge >= 0.3 is 45.5 Å². The van der Waals surface area contributed by atoms with Crippen LogP contribution in [-0.4, -0.2) is 85.1 Å². The van der Waals surface area contributed by atoms with Crippen molar-refractivity contribution in [2.45, 2.75) is 38.5 Å². The van der Waals surface area contributed by atoms with Gasteiger partial charge in [0.25, 0.3) is 0 Å². The van der Waals surface area contributed by atoms with E-state index in [1.807, 2.05) is 0 Å². The van der Waals surface area contributed by atoms with Gasteiger partial charge in [0.2, 0.25) is 0 Å². The Bertz CT molecular complexity index is 80.8. The minimum absolute atomic E-state index is 0. The van der Waals surface area contributed by atoms with Gasteiger partial charge in [0.1, 0.15) is 0 Å². The first kappa shape index (κ1) is 25.1. The summed E-state index contributed by atoms with van der Waals surface area (Å²) >= 11 is 0. The molecule has 0 radical (unpaired) electrons. The predicted octanol–water partition coefficient (Wildman–Crippen LogP) is -0.536. The SMILES string of the molecule is C1CCOC1.C1CCOC1.C1CCOC1.[CH3-].[I-].[Sr+2]. The van der Waals surface area contributed by atoms with Crippen molar-refractivity contribution in [1.82, 2.24) is 0 Å². The first-order valence-electron chi connectivity index (χ1n) is 6.23. The zero-order chi connectivity index (χ0) is 10.6. The van der Waals surface area contributed by atoms with Crippen molar-refractivity contribution in [3.05, 3.63) is 7.43 Å². The first-order valence-corrected chi connectivity index (χ1v) is 6.23. The molecule has 106 valence electrons. The van der Waals surface area contributed by atoms with Gasteiger partial charge in [-0.1, -0.05) is 0 Å². The number of hydrogen-bond donors (Lipinski definition) is 0. The van der Waals surface area contributed by atoms with Crippen LogP contribution in [0.15, 0.2) is 0 Å². The topological polar surface area (TPSA) is 27.7 Å². The summed E-state index contributed by atoms with van der Waals surface area (Å²) < 4.78 is 14.8. The van der Waals surface area contributed by atoms with Gasteiger partial charge in [-0.25, -0.2) is 0 Å². The molecule has 3 fully saturated rings. The third-order valence-electron chi connectivity index (χ3n) is 2.48. The Hall–Kier alpha value is 2.09. The summed E-state index contributed by atoms with van der Waals surface area (Å²) in [6.07, 6.45) is 7.67. The smallest absolute Gasteiger partial charge is 1.00 e. The zero-order valence-electron chi connectivity index (χ0n) is 11.8. The van der Waals surface area contributed by atoms with E-state index in [0.29, 0.717) is 0 Å². The minimum atomic E-state index is 0. The molecule has 0 N–H and O–H groups in total. The fourth-order valence-electron chi connectivity index (χ4n) is 1.53. The summed E-state index contributed by atoms with van der Waals surface area (Å²) in [5.74, 6) is 0. The Morgan fingerprint density at radius 2 is 0.611 bits per heavy atom. The van der Waals surface area contributed by atoms with E-state index in [4.69, 9.17) is 14.2 Å². The Kier molecular flexibility index (Phi) is 29.8. The van der Waals surface area contributed by atoms with Gasteiger partial charge in [0.15, 0.2) is 0 Å². The summed E-state index contributed by atoms with van der Waals surface area (Å²) in [6, 6.07) is 0. The Labute approximate surface area is 167 Å². The summed E-state index contributed by atoms with van der Waals surface area (Å²) in [6.45, 7) is 6.00. The van der Waals surface area contributed by atoms with Crippen molar-refractivity contribution in [2.24, 2.45) is 0 Å². The van der Waals surface area contributed by atoms with E-state index in [1.165, 1.54) is 38.5 Å². The average Bonchev–Trinajstić information content (AvgIpc) is 3.09. The van der Waals surface area contributed by atoms with E-state index in [2.05, 4.69) is 0 Å². The molecule has 0 aromatic carbocycles. The molecule has 0 amide bonds. The second-order valence-corrected chi connectivity index (χ2v) is 3.96. The standard InChI is InChI=1S/3C4H8O.CH3.HI.Sr/c3*1-2-4-5-3-1;;;/h3*1-4H2;1H3;1H;/q;;;-1;;+2/p-1. The van der Waals surface area contributed by atoms with Gasteiger partial charge in [-0.3, -0.25) is 0 Å². The number of ether oxygens (including phenoxy) is 3. The fraction of sp³-hybridized carbons (Fsp3) is 0.923. The maximum atomic E-state index is 4.94. The second kappa shape index (κ2) is 21.4. The summed E-state index contributed by atoms with van der Waals surface area (Å²) in [4.78, 5) is 0. The molecule has 5 heteroatoms. The van der Waals surface area contributed by atoms with Crippen LogP contribution in [0.5, 0.6) is 0 Å². The first-order chi connectivity index (χ1) is 7.50. The van der Waals surface area contributed by atoms with E-state index >= 15 is 0 Å². The van der Waals surface area contributed by atoms with Crippen LogP contribution in [0, 0.1) is 7.43 Å². The molecule has 3 rings (SSSR count). The van der Waals surface area contributed by atoms with E-state index in [0.717, 1.165) is 39.6 Å². The van der Waals surface area contributed by atoms with E-state index in [1.54, 1.807) is 0 Å². The molecule has 3 heterocycles. The van der Waals surface area contributed by atoms with E-state index in [-0.39, 0.29) is 76.9 Å². The minimum Gasteiger partial charge on any atom is -1.00 e. The zero-order valence-corrected chi connectivity index (χ0v) is 17.4. The van der Waals surface area contributed by atoms with E-state index in [9.17, 15) is 0 Å². The maximum absolute atomic E-state index is 4.94. The van der Waals surface area contributed by atoms with Crippen molar-refractivity contribution in [3.8, 4) is 0 Å². The van der Waals surface area contributed by atoms with Crippen molar-refractivity contribution in [2.75, 3.05) is 39.6 Å². The summed E-state index contributed by atoms with van der Waals surface area (Å²) in [5.41, 5.74) is 0. The summed E-state index contributed by atoms with van der Waals surface area (Å²) in [7, 11) is 0. The van der Waals surface area contributed by atoms with Gasteiger partial charge in [0, 0.05) is 39.6 Å². The molecule has 3 aliphatic heterocycles. The van der Waals surface area contributed by atoms with Gasteiger partial charge < -0.3 is 45.6 Å². The molecule has 3 aliphatic rings. The Morgan fingerprint density at radius 3 is 0.667 bits per heavy atom. The molecule has 18 heavy (non-hydrogen) atoms. The normalized spacial score (nSPS) is 20.0. The van der Waals surface area contributed by atoms with Crippen molar-refractivity contribution in [3.63, 3.8) is 0 Å². The van der Waals surface area contributed by atoms with Crippen LogP contribution >= 0.6 is 0 Å². The molecule has 0 aromatic rings. The molecule has 0 bridgehead atoms. The number of hydrogen-bond acceptors (Lipinski definition) is 3. The largest absolute Gasteiger partial charge is 2.00 e. The third kappa shape index (κ3) is 18.1. The average molecular weight is 446 g/mol. The Balaban J connectivity index is -0.000000173. The van der Waals surface area contributed by atoms with Crippen LogP contribution in [0.3, 0.4) is 0 Å². The second-order valence-electron chi connectivity index (χ2n) is 3.96. The monoisotopic (exact) mass is 446 g/mol. The van der Waals surface area contributed by atoms with Gasteiger partial charge in [0.05, 0.1) is 0 Å². The summed E-state index contributed by atoms with van der Waals surface area (Å²) in [5, 5.41) is 0. The molecule has 0 spiro atoms. The fourth-order valence-corrected chi connectivity index (χ4v) is 1.53. The number of halogens is 1. The molecular weight excluding hydrogens is 419 g/mol. The van der Waals surface area contributed by atoms with Crippen LogP contribution in [-0.2, 0) is 14.2 Å². The van der Waals surface area contributed by atoms with Crippen LogP contribution < -0.4 is 24.0 Å². The molecule has 0 aliphatic carbocycles. The van der Waals surface area contributed by atoms with E-state index < -0.39 is 0 Å². The van der Waals surface area contributed by atoms with Crippen molar-refractivity contribution in [1.29, 1.82) is 0 Å². The Morgan fingerprint density at radius 1 is 0.444 bits per heavy atom.